The number of halogens is 1. The van der Waals surface area contributed by atoms with E-state index in [4.69, 9.17) is 21.1 Å². The molecule has 5 rings (SSSR count). The molecule has 2 aromatic heterocycles. The monoisotopic (exact) mass is 439 g/mol. The first-order valence-electron chi connectivity index (χ1n) is 10.1. The maximum atomic E-state index is 6.06. The summed E-state index contributed by atoms with van der Waals surface area (Å²) in [5.74, 6) is 1.22. The molecular weight excluding hydrogens is 418 g/mol. The van der Waals surface area contributed by atoms with Gasteiger partial charge in [-0.3, -0.25) is 9.80 Å². The van der Waals surface area contributed by atoms with Crippen molar-refractivity contribution in [2.45, 2.75) is 19.5 Å². The highest BCUT2D eigenvalue weighted by Gasteiger charge is 2.25. The van der Waals surface area contributed by atoms with E-state index >= 15 is 0 Å². The van der Waals surface area contributed by atoms with E-state index in [0.29, 0.717) is 29.3 Å². The molecule has 154 valence electrons. The minimum atomic E-state index is 0.322. The van der Waals surface area contributed by atoms with Crippen LogP contribution in [-0.4, -0.2) is 51.1 Å². The van der Waals surface area contributed by atoms with Crippen molar-refractivity contribution in [3.8, 4) is 11.4 Å². The first-order valence-corrected chi connectivity index (χ1v) is 11.3. The molecule has 3 heterocycles. The number of rotatable bonds is 5. The first kappa shape index (κ1) is 19.6. The number of para-hydroxylation sites is 1. The van der Waals surface area contributed by atoms with Gasteiger partial charge in [0.1, 0.15) is 5.01 Å². The predicted octanol–water partition coefficient (Wildman–Crippen LogP) is 4.88. The Bertz CT molecular complexity index is 1120. The highest BCUT2D eigenvalue weighted by molar-refractivity contribution is 7.18. The molecule has 30 heavy (non-hydrogen) atoms. The zero-order valence-corrected chi connectivity index (χ0v) is 18.2. The van der Waals surface area contributed by atoms with Gasteiger partial charge < -0.3 is 4.52 Å². The zero-order chi connectivity index (χ0) is 20.5. The molecule has 1 fully saturated rings. The molecule has 0 saturated carbocycles. The van der Waals surface area contributed by atoms with Gasteiger partial charge in [-0.2, -0.15) is 4.98 Å². The average molecular weight is 440 g/mol. The number of hydrogen-bond acceptors (Lipinski definition) is 7. The normalized spacial score (nSPS) is 16.9. The van der Waals surface area contributed by atoms with Crippen LogP contribution in [0.4, 0.5) is 0 Å². The van der Waals surface area contributed by atoms with Crippen LogP contribution in [-0.2, 0) is 6.54 Å². The van der Waals surface area contributed by atoms with E-state index in [2.05, 4.69) is 45.1 Å². The van der Waals surface area contributed by atoms with Crippen molar-refractivity contribution >= 4 is 33.2 Å². The van der Waals surface area contributed by atoms with Crippen molar-refractivity contribution in [2.24, 2.45) is 0 Å². The number of fused-ring (bicyclic) bond motifs is 1. The molecule has 0 bridgehead atoms. The topological polar surface area (TPSA) is 58.3 Å². The smallest absolute Gasteiger partial charge is 0.241 e. The second-order valence-electron chi connectivity index (χ2n) is 7.53. The Morgan fingerprint density at radius 1 is 1.07 bits per heavy atom. The fourth-order valence-corrected chi connectivity index (χ4v) is 5.03. The molecular formula is C22H22ClN5OS. The lowest BCUT2D eigenvalue weighted by Gasteiger charge is -2.36. The molecule has 0 amide bonds. The minimum absolute atomic E-state index is 0.322. The van der Waals surface area contributed by atoms with E-state index < -0.39 is 0 Å². The summed E-state index contributed by atoms with van der Waals surface area (Å²) < 4.78 is 6.73. The largest absolute Gasteiger partial charge is 0.338 e. The van der Waals surface area contributed by atoms with Crippen LogP contribution in [0.2, 0.25) is 5.02 Å². The summed E-state index contributed by atoms with van der Waals surface area (Å²) in [6, 6.07) is 16.2. The number of hydrogen-bond donors (Lipinski definition) is 0. The highest BCUT2D eigenvalue weighted by atomic mass is 35.5. The number of aromatic nitrogens is 3. The van der Waals surface area contributed by atoms with Gasteiger partial charge in [0, 0.05) is 36.8 Å². The molecule has 1 aliphatic rings. The molecule has 0 radical (unpaired) electrons. The van der Waals surface area contributed by atoms with Crippen LogP contribution in [0, 0.1) is 0 Å². The van der Waals surface area contributed by atoms with E-state index in [-0.39, 0.29) is 0 Å². The predicted molar refractivity (Wildman–Crippen MR) is 120 cm³/mol. The second-order valence-corrected chi connectivity index (χ2v) is 9.03. The van der Waals surface area contributed by atoms with Gasteiger partial charge in [0.25, 0.3) is 0 Å². The van der Waals surface area contributed by atoms with Gasteiger partial charge in [-0.25, -0.2) is 4.98 Å². The summed E-state index contributed by atoms with van der Waals surface area (Å²) in [4.78, 5) is 14.2. The molecule has 4 aromatic rings. The quantitative estimate of drug-likeness (QED) is 0.441. The van der Waals surface area contributed by atoms with Crippen molar-refractivity contribution in [2.75, 3.05) is 26.2 Å². The van der Waals surface area contributed by atoms with Crippen LogP contribution in [0.25, 0.3) is 21.6 Å². The lowest BCUT2D eigenvalue weighted by Crippen LogP contribution is -2.46. The van der Waals surface area contributed by atoms with Gasteiger partial charge in [-0.1, -0.05) is 41.0 Å². The Morgan fingerprint density at radius 2 is 1.90 bits per heavy atom. The first-order chi connectivity index (χ1) is 14.7. The molecule has 1 saturated heterocycles. The number of thiazole rings is 1. The molecule has 0 N–H and O–H groups in total. The summed E-state index contributed by atoms with van der Waals surface area (Å²) in [5.41, 5.74) is 1.96. The average Bonchev–Trinajstić information content (AvgIpc) is 3.41. The summed E-state index contributed by atoms with van der Waals surface area (Å²) in [6.07, 6.45) is 0. The number of nitrogens with zero attached hydrogens (tertiary/aromatic N) is 5. The maximum absolute atomic E-state index is 6.06. The third kappa shape index (κ3) is 4.11. The van der Waals surface area contributed by atoms with Crippen molar-refractivity contribution in [3.05, 3.63) is 64.5 Å². The third-order valence-electron chi connectivity index (χ3n) is 5.53. The van der Waals surface area contributed by atoms with Gasteiger partial charge in [0.15, 0.2) is 0 Å². The molecule has 1 atom stereocenters. The molecule has 8 heteroatoms. The fraction of sp³-hybridized carbons (Fsp3) is 0.318. The second kappa shape index (κ2) is 8.43. The Hall–Kier alpha value is -2.32. The van der Waals surface area contributed by atoms with Crippen LogP contribution in [0.1, 0.15) is 23.9 Å². The summed E-state index contributed by atoms with van der Waals surface area (Å²) in [6.45, 7) is 6.83. The standard InChI is InChI=1S/C22H22ClN5OS/c1-15(22-24-18-7-2-3-8-19(18)30-22)28-11-9-27(10-12-28)14-20-25-21(26-29-20)16-5-4-6-17(23)13-16/h2-8,13,15H,9-12,14H2,1H3/t15-/m1/s1. The van der Waals surface area contributed by atoms with E-state index in [9.17, 15) is 0 Å². The van der Waals surface area contributed by atoms with Gasteiger partial charge in [-0.05, 0) is 31.2 Å². The summed E-state index contributed by atoms with van der Waals surface area (Å²) >= 11 is 7.86. The minimum Gasteiger partial charge on any atom is -0.338 e. The van der Waals surface area contributed by atoms with E-state index in [1.54, 1.807) is 11.3 Å². The maximum Gasteiger partial charge on any atom is 0.241 e. The van der Waals surface area contributed by atoms with Gasteiger partial charge in [0.2, 0.25) is 11.7 Å². The lowest BCUT2D eigenvalue weighted by atomic mass is 10.2. The van der Waals surface area contributed by atoms with E-state index in [1.807, 2.05) is 30.3 Å². The highest BCUT2D eigenvalue weighted by Crippen LogP contribution is 2.30. The van der Waals surface area contributed by atoms with E-state index in [1.165, 1.54) is 9.71 Å². The Balaban J connectivity index is 1.19. The molecule has 0 aliphatic carbocycles. The molecule has 0 unspecified atom stereocenters. The number of benzene rings is 2. The lowest BCUT2D eigenvalue weighted by molar-refractivity contribution is 0.0905. The molecule has 1 aliphatic heterocycles. The Labute approximate surface area is 184 Å². The zero-order valence-electron chi connectivity index (χ0n) is 16.7. The van der Waals surface area contributed by atoms with Crippen LogP contribution in [0.15, 0.2) is 53.1 Å². The van der Waals surface area contributed by atoms with Crippen LogP contribution in [0.5, 0.6) is 0 Å². The van der Waals surface area contributed by atoms with Crippen LogP contribution >= 0.6 is 22.9 Å². The Kier molecular flexibility index (Phi) is 5.52. The fourth-order valence-electron chi connectivity index (χ4n) is 3.79. The van der Waals surface area contributed by atoms with Crippen molar-refractivity contribution < 1.29 is 4.52 Å². The summed E-state index contributed by atoms with van der Waals surface area (Å²) in [7, 11) is 0. The van der Waals surface area contributed by atoms with Crippen molar-refractivity contribution in [1.82, 2.24) is 24.9 Å². The molecule has 2 aromatic carbocycles. The SMILES string of the molecule is C[C@H](c1nc2ccccc2s1)N1CCN(Cc2nc(-c3cccc(Cl)c3)no2)CC1. The van der Waals surface area contributed by atoms with Crippen LogP contribution < -0.4 is 0 Å². The van der Waals surface area contributed by atoms with Crippen molar-refractivity contribution in [3.63, 3.8) is 0 Å². The Morgan fingerprint density at radius 3 is 2.70 bits per heavy atom. The third-order valence-corrected chi connectivity index (χ3v) is 6.97. The van der Waals surface area contributed by atoms with E-state index in [0.717, 1.165) is 37.3 Å². The van der Waals surface area contributed by atoms with Gasteiger partial charge in [0.05, 0.1) is 22.8 Å². The number of piperazine rings is 1. The van der Waals surface area contributed by atoms with Crippen molar-refractivity contribution in [1.29, 1.82) is 0 Å². The van der Waals surface area contributed by atoms with Gasteiger partial charge in [-0.15, -0.1) is 11.3 Å². The van der Waals surface area contributed by atoms with Gasteiger partial charge >= 0.3 is 0 Å². The molecule has 6 nitrogen and oxygen atoms in total. The molecule has 0 spiro atoms. The van der Waals surface area contributed by atoms with Crippen LogP contribution in [0.3, 0.4) is 0 Å². The summed E-state index contributed by atoms with van der Waals surface area (Å²) in [5, 5.41) is 5.96.